The summed E-state index contributed by atoms with van der Waals surface area (Å²) in [6.45, 7) is 0. The van der Waals surface area contributed by atoms with E-state index in [4.69, 9.17) is 0 Å². The van der Waals surface area contributed by atoms with Crippen LogP contribution >= 0.6 is 15.9 Å². The zero-order chi connectivity index (χ0) is 11.5. The van der Waals surface area contributed by atoms with Crippen molar-refractivity contribution in [2.24, 2.45) is 0 Å². The van der Waals surface area contributed by atoms with Crippen LogP contribution in [-0.2, 0) is 6.42 Å². The minimum atomic E-state index is -0.406. The summed E-state index contributed by atoms with van der Waals surface area (Å²) >= 11 is 3.22. The predicted octanol–water partition coefficient (Wildman–Crippen LogP) is 2.13. The minimum Gasteiger partial charge on any atom is -0.290 e. The molecule has 1 aromatic carbocycles. The van der Waals surface area contributed by atoms with Crippen LogP contribution in [0.1, 0.15) is 16.2 Å². The number of hydrogen-bond donors (Lipinski definition) is 1. The number of benzene rings is 1. The standard InChI is InChI=1S/C10H7BrFN3O/c11-7-1-2-8(12)6(3-7)4-9(16)10-13-5-14-15-10/h1-3,5H,4H2,(H,13,14,15). The zero-order valence-electron chi connectivity index (χ0n) is 8.08. The van der Waals surface area contributed by atoms with E-state index < -0.39 is 5.82 Å². The van der Waals surface area contributed by atoms with E-state index in [0.29, 0.717) is 5.56 Å². The molecule has 0 aliphatic heterocycles. The second-order valence-electron chi connectivity index (χ2n) is 3.17. The highest BCUT2D eigenvalue weighted by molar-refractivity contribution is 9.10. The number of Topliss-reactive ketones (excluding diaryl/α,β-unsaturated/α-hetero) is 1. The highest BCUT2D eigenvalue weighted by Crippen LogP contribution is 2.16. The van der Waals surface area contributed by atoms with Crippen molar-refractivity contribution in [1.82, 2.24) is 15.2 Å². The maximum atomic E-state index is 13.4. The number of ketones is 1. The summed E-state index contributed by atoms with van der Waals surface area (Å²) in [5.74, 6) is -0.565. The van der Waals surface area contributed by atoms with E-state index in [1.54, 1.807) is 12.1 Å². The van der Waals surface area contributed by atoms with Gasteiger partial charge in [0.25, 0.3) is 0 Å². The highest BCUT2D eigenvalue weighted by atomic mass is 79.9. The van der Waals surface area contributed by atoms with Gasteiger partial charge < -0.3 is 0 Å². The molecule has 16 heavy (non-hydrogen) atoms. The summed E-state index contributed by atoms with van der Waals surface area (Å²) in [7, 11) is 0. The first-order chi connectivity index (χ1) is 7.66. The second kappa shape index (κ2) is 4.52. The van der Waals surface area contributed by atoms with E-state index in [0.717, 1.165) is 4.47 Å². The molecule has 0 fully saturated rings. The molecule has 0 atom stereocenters. The number of rotatable bonds is 3. The van der Waals surface area contributed by atoms with Crippen LogP contribution in [0.15, 0.2) is 29.0 Å². The molecule has 6 heteroatoms. The summed E-state index contributed by atoms with van der Waals surface area (Å²) in [5, 5.41) is 6.01. The highest BCUT2D eigenvalue weighted by Gasteiger charge is 2.12. The third-order valence-corrected chi connectivity index (χ3v) is 2.53. The maximum Gasteiger partial charge on any atom is 0.204 e. The predicted molar refractivity (Wildman–Crippen MR) is 58.5 cm³/mol. The van der Waals surface area contributed by atoms with Crippen molar-refractivity contribution in [3.05, 3.63) is 46.2 Å². The van der Waals surface area contributed by atoms with Crippen LogP contribution in [0, 0.1) is 5.82 Å². The number of H-pyrrole nitrogens is 1. The van der Waals surface area contributed by atoms with Crippen LogP contribution in [0.5, 0.6) is 0 Å². The van der Waals surface area contributed by atoms with E-state index in [-0.39, 0.29) is 18.0 Å². The normalized spacial score (nSPS) is 10.4. The van der Waals surface area contributed by atoms with Crippen LogP contribution in [0.3, 0.4) is 0 Å². The third-order valence-electron chi connectivity index (χ3n) is 2.04. The monoisotopic (exact) mass is 283 g/mol. The fraction of sp³-hybridized carbons (Fsp3) is 0.100. The lowest BCUT2D eigenvalue weighted by Gasteiger charge is -2.01. The van der Waals surface area contributed by atoms with Crippen molar-refractivity contribution in [3.8, 4) is 0 Å². The molecule has 0 unspecified atom stereocenters. The van der Waals surface area contributed by atoms with Gasteiger partial charge in [0, 0.05) is 10.9 Å². The first-order valence-electron chi connectivity index (χ1n) is 4.49. The summed E-state index contributed by atoms with van der Waals surface area (Å²) in [6.07, 6.45) is 1.20. The van der Waals surface area contributed by atoms with Gasteiger partial charge in [0.05, 0.1) is 0 Å². The number of hydrogen-bond acceptors (Lipinski definition) is 3. The average molecular weight is 284 g/mol. The molecule has 0 aliphatic rings. The molecular weight excluding hydrogens is 277 g/mol. The summed E-state index contributed by atoms with van der Waals surface area (Å²) in [5.41, 5.74) is 0.329. The number of carbonyl (C=O) groups excluding carboxylic acids is 1. The Morgan fingerprint density at radius 3 is 3.00 bits per heavy atom. The first kappa shape index (κ1) is 10.9. The van der Waals surface area contributed by atoms with E-state index in [1.165, 1.54) is 12.4 Å². The first-order valence-corrected chi connectivity index (χ1v) is 5.28. The van der Waals surface area contributed by atoms with Crippen LogP contribution in [0.4, 0.5) is 4.39 Å². The van der Waals surface area contributed by atoms with E-state index in [2.05, 4.69) is 31.1 Å². The van der Waals surface area contributed by atoms with E-state index in [1.807, 2.05) is 0 Å². The van der Waals surface area contributed by atoms with Gasteiger partial charge >= 0.3 is 0 Å². The van der Waals surface area contributed by atoms with Crippen molar-refractivity contribution in [2.75, 3.05) is 0 Å². The fourth-order valence-electron chi connectivity index (χ4n) is 1.28. The maximum absolute atomic E-state index is 13.4. The van der Waals surface area contributed by atoms with Crippen molar-refractivity contribution in [1.29, 1.82) is 0 Å². The molecule has 0 aliphatic carbocycles. The number of nitrogens with one attached hydrogen (secondary N) is 1. The quantitative estimate of drug-likeness (QED) is 0.878. The smallest absolute Gasteiger partial charge is 0.204 e. The lowest BCUT2D eigenvalue weighted by Crippen LogP contribution is -2.07. The largest absolute Gasteiger partial charge is 0.290 e. The van der Waals surface area contributed by atoms with Crippen LogP contribution in [-0.4, -0.2) is 21.0 Å². The molecule has 1 N–H and O–H groups in total. The molecule has 0 amide bonds. The van der Waals surface area contributed by atoms with Gasteiger partial charge in [0.2, 0.25) is 5.78 Å². The van der Waals surface area contributed by atoms with Crippen molar-refractivity contribution >= 4 is 21.7 Å². The zero-order valence-corrected chi connectivity index (χ0v) is 9.66. The number of halogens is 2. The summed E-state index contributed by atoms with van der Waals surface area (Å²) in [6, 6.07) is 4.47. The van der Waals surface area contributed by atoms with Gasteiger partial charge in [0.15, 0.2) is 5.82 Å². The molecule has 0 saturated heterocycles. The number of carbonyl (C=O) groups is 1. The number of nitrogens with zero attached hydrogens (tertiary/aromatic N) is 2. The molecule has 0 radical (unpaired) electrons. The van der Waals surface area contributed by atoms with Gasteiger partial charge in [-0.15, -0.1) is 0 Å². The second-order valence-corrected chi connectivity index (χ2v) is 4.09. The third kappa shape index (κ3) is 2.33. The Morgan fingerprint density at radius 1 is 1.50 bits per heavy atom. The summed E-state index contributed by atoms with van der Waals surface area (Å²) in [4.78, 5) is 15.3. The Morgan fingerprint density at radius 2 is 2.31 bits per heavy atom. The molecule has 4 nitrogen and oxygen atoms in total. The Labute approximate surface area is 99.0 Å². The fourth-order valence-corrected chi connectivity index (χ4v) is 1.68. The van der Waals surface area contributed by atoms with E-state index >= 15 is 0 Å². The lowest BCUT2D eigenvalue weighted by molar-refractivity contribution is 0.0982. The molecule has 2 rings (SSSR count). The molecule has 0 bridgehead atoms. The lowest BCUT2D eigenvalue weighted by atomic mass is 10.1. The summed E-state index contributed by atoms with van der Waals surface area (Å²) < 4.78 is 14.1. The SMILES string of the molecule is O=C(Cc1cc(Br)ccc1F)c1ncn[nH]1. The number of aromatic amines is 1. The molecule has 2 aromatic rings. The molecular formula is C10H7BrFN3O. The minimum absolute atomic E-state index is 0.0412. The molecule has 0 spiro atoms. The van der Waals surface area contributed by atoms with Gasteiger partial charge in [-0.05, 0) is 23.8 Å². The van der Waals surface area contributed by atoms with Gasteiger partial charge in [-0.2, -0.15) is 5.10 Å². The van der Waals surface area contributed by atoms with Crippen LogP contribution < -0.4 is 0 Å². The topological polar surface area (TPSA) is 58.6 Å². The molecule has 82 valence electrons. The van der Waals surface area contributed by atoms with Gasteiger partial charge in [0.1, 0.15) is 12.1 Å². The molecule has 0 saturated carbocycles. The Balaban J connectivity index is 2.21. The number of aromatic nitrogens is 3. The Kier molecular flexibility index (Phi) is 3.09. The molecule has 1 aromatic heterocycles. The average Bonchev–Trinajstić information content (AvgIpc) is 2.76. The van der Waals surface area contributed by atoms with Crippen molar-refractivity contribution in [2.45, 2.75) is 6.42 Å². The van der Waals surface area contributed by atoms with Gasteiger partial charge in [-0.1, -0.05) is 15.9 Å². The Bertz CT molecular complexity index is 513. The van der Waals surface area contributed by atoms with Crippen LogP contribution in [0.2, 0.25) is 0 Å². The van der Waals surface area contributed by atoms with E-state index in [9.17, 15) is 9.18 Å². The Hall–Kier alpha value is -1.56. The van der Waals surface area contributed by atoms with Gasteiger partial charge in [-0.3, -0.25) is 9.89 Å². The van der Waals surface area contributed by atoms with Crippen molar-refractivity contribution < 1.29 is 9.18 Å². The van der Waals surface area contributed by atoms with Gasteiger partial charge in [-0.25, -0.2) is 9.37 Å². The van der Waals surface area contributed by atoms with Crippen LogP contribution in [0.25, 0.3) is 0 Å². The van der Waals surface area contributed by atoms with Crippen molar-refractivity contribution in [3.63, 3.8) is 0 Å². The molecule has 1 heterocycles.